The molecule has 2 fully saturated rings. The van der Waals surface area contributed by atoms with Crippen LogP contribution in [0.25, 0.3) is 0 Å². The maximum Gasteiger partial charge on any atom is 0.254 e. The first-order valence-electron chi connectivity index (χ1n) is 6.95. The molecular weight excluding hydrogens is 311 g/mol. The second-order valence-corrected chi connectivity index (χ2v) is 6.91. The number of hydrazine groups is 1. The molecule has 3 unspecified atom stereocenters. The highest BCUT2D eigenvalue weighted by atomic mass is 35.5. The van der Waals surface area contributed by atoms with Crippen LogP contribution in [0, 0.1) is 11.3 Å². The molecule has 1 aromatic rings. The molecule has 3 rings (SSSR count). The second-order valence-electron chi connectivity index (χ2n) is 5.92. The molecule has 2 amide bonds. The van der Waals surface area contributed by atoms with Crippen LogP contribution in [-0.2, 0) is 9.59 Å². The van der Waals surface area contributed by atoms with Crippen LogP contribution in [0.3, 0.4) is 0 Å². The highest BCUT2D eigenvalue weighted by molar-refractivity contribution is 6.30. The van der Waals surface area contributed by atoms with Gasteiger partial charge in [0.25, 0.3) is 11.8 Å². The van der Waals surface area contributed by atoms with Crippen molar-refractivity contribution in [2.75, 3.05) is 0 Å². The van der Waals surface area contributed by atoms with E-state index in [-0.39, 0.29) is 29.0 Å². The molecule has 0 aromatic heterocycles. The molecule has 2 aliphatic rings. The second kappa shape index (κ2) is 5.18. The average molecular weight is 327 g/mol. The molecule has 2 N–H and O–H groups in total. The summed E-state index contributed by atoms with van der Waals surface area (Å²) < 4.78 is 0. The third-order valence-corrected chi connectivity index (χ3v) is 5.55. The van der Waals surface area contributed by atoms with Gasteiger partial charge in [0, 0.05) is 16.3 Å². The maximum atomic E-state index is 12.4. The van der Waals surface area contributed by atoms with Crippen molar-refractivity contribution in [2.45, 2.75) is 31.1 Å². The van der Waals surface area contributed by atoms with E-state index in [2.05, 4.69) is 17.8 Å². The zero-order valence-electron chi connectivity index (χ0n) is 11.5. The van der Waals surface area contributed by atoms with E-state index in [1.807, 2.05) is 12.1 Å². The van der Waals surface area contributed by atoms with E-state index in [0.29, 0.717) is 17.9 Å². The lowest BCUT2D eigenvalue weighted by atomic mass is 9.60. The molecule has 1 saturated carbocycles. The number of amides is 2. The van der Waals surface area contributed by atoms with Gasteiger partial charge in [-0.15, -0.1) is 11.6 Å². The van der Waals surface area contributed by atoms with Crippen molar-refractivity contribution < 1.29 is 9.59 Å². The van der Waals surface area contributed by atoms with Crippen LogP contribution >= 0.6 is 23.2 Å². The Balaban J connectivity index is 2.07. The number of carbonyl (C=O) groups excluding carboxylic acids is 2. The molecule has 6 heteroatoms. The summed E-state index contributed by atoms with van der Waals surface area (Å²) >= 11 is 12.3. The van der Waals surface area contributed by atoms with Gasteiger partial charge in [-0.2, -0.15) is 0 Å². The van der Waals surface area contributed by atoms with Crippen molar-refractivity contribution in [3.05, 3.63) is 34.9 Å². The van der Waals surface area contributed by atoms with Gasteiger partial charge in [-0.1, -0.05) is 30.7 Å². The molecule has 1 spiro atoms. The Morgan fingerprint density at radius 2 is 1.71 bits per heavy atom. The fourth-order valence-corrected chi connectivity index (χ4v) is 3.90. The summed E-state index contributed by atoms with van der Waals surface area (Å²) in [4.78, 5) is 24.8. The van der Waals surface area contributed by atoms with Crippen molar-refractivity contribution in [1.82, 2.24) is 10.9 Å². The number of halogens is 2. The lowest BCUT2D eigenvalue weighted by Crippen LogP contribution is -2.48. The Kier molecular flexibility index (Phi) is 3.62. The summed E-state index contributed by atoms with van der Waals surface area (Å²) in [6, 6.07) is 7.34. The van der Waals surface area contributed by atoms with Gasteiger partial charge in [0.2, 0.25) is 0 Å². The predicted molar refractivity (Wildman–Crippen MR) is 81.0 cm³/mol. The molecular formula is C15H16Cl2N2O2. The van der Waals surface area contributed by atoms with E-state index in [4.69, 9.17) is 23.2 Å². The molecule has 0 radical (unpaired) electrons. The smallest absolute Gasteiger partial charge is 0.254 e. The Morgan fingerprint density at radius 1 is 1.14 bits per heavy atom. The number of rotatable bonds is 1. The highest BCUT2D eigenvalue weighted by Gasteiger charge is 2.60. The van der Waals surface area contributed by atoms with Crippen LogP contribution in [-0.4, -0.2) is 17.2 Å². The monoisotopic (exact) mass is 326 g/mol. The summed E-state index contributed by atoms with van der Waals surface area (Å²) in [5, 5.41) is 0.440. The quantitative estimate of drug-likeness (QED) is 0.615. The van der Waals surface area contributed by atoms with Crippen LogP contribution in [0.1, 0.15) is 31.2 Å². The van der Waals surface area contributed by atoms with Gasteiger partial charge in [0.1, 0.15) is 5.41 Å². The van der Waals surface area contributed by atoms with Crippen LogP contribution in [0.5, 0.6) is 0 Å². The lowest BCUT2D eigenvalue weighted by Gasteiger charge is -2.42. The van der Waals surface area contributed by atoms with Crippen LogP contribution in [0.15, 0.2) is 24.3 Å². The molecule has 1 aliphatic heterocycles. The van der Waals surface area contributed by atoms with Gasteiger partial charge >= 0.3 is 0 Å². The van der Waals surface area contributed by atoms with Gasteiger partial charge in [-0.25, -0.2) is 0 Å². The first kappa shape index (κ1) is 14.7. The standard InChI is InChI=1S/C15H16Cl2N2O2/c1-8-6-11(9-2-4-10(16)5-3-9)15(7-12(8)17)13(20)18-19-14(15)21/h2-5,8,11-12H,6-7H2,1H3,(H,18,20)(H,19,21). The normalized spacial score (nSPS) is 31.1. The highest BCUT2D eigenvalue weighted by Crippen LogP contribution is 2.52. The zero-order chi connectivity index (χ0) is 15.2. The average Bonchev–Trinajstić information content (AvgIpc) is 2.73. The van der Waals surface area contributed by atoms with Crippen LogP contribution in [0.2, 0.25) is 5.02 Å². The summed E-state index contributed by atoms with van der Waals surface area (Å²) in [6.07, 6.45) is 1.04. The van der Waals surface area contributed by atoms with E-state index in [0.717, 1.165) is 5.56 Å². The van der Waals surface area contributed by atoms with E-state index < -0.39 is 5.41 Å². The molecule has 4 nitrogen and oxygen atoms in total. The molecule has 1 aliphatic carbocycles. The first-order chi connectivity index (χ1) is 9.95. The minimum absolute atomic E-state index is 0.192. The summed E-state index contributed by atoms with van der Waals surface area (Å²) in [5.41, 5.74) is 4.73. The van der Waals surface area contributed by atoms with Crippen molar-refractivity contribution >= 4 is 35.0 Å². The minimum atomic E-state index is -1.12. The van der Waals surface area contributed by atoms with Gasteiger partial charge in [0.05, 0.1) is 0 Å². The molecule has 0 bridgehead atoms. The Hall–Kier alpha value is -1.26. The van der Waals surface area contributed by atoms with E-state index >= 15 is 0 Å². The molecule has 3 atom stereocenters. The van der Waals surface area contributed by atoms with Crippen molar-refractivity contribution in [1.29, 1.82) is 0 Å². The SMILES string of the molecule is CC1CC(c2ccc(Cl)cc2)C2(CC1Cl)C(=O)NNC2=O. The lowest BCUT2D eigenvalue weighted by molar-refractivity contribution is -0.140. The maximum absolute atomic E-state index is 12.4. The van der Waals surface area contributed by atoms with Crippen molar-refractivity contribution in [3.8, 4) is 0 Å². The van der Waals surface area contributed by atoms with E-state index in [1.54, 1.807) is 12.1 Å². The molecule has 1 saturated heterocycles. The topological polar surface area (TPSA) is 58.2 Å². The summed E-state index contributed by atoms with van der Waals surface area (Å²) in [5.74, 6) is -0.531. The fraction of sp³-hybridized carbons (Fsp3) is 0.467. The first-order valence-corrected chi connectivity index (χ1v) is 7.77. The summed E-state index contributed by atoms with van der Waals surface area (Å²) in [7, 11) is 0. The third kappa shape index (κ3) is 2.21. The fourth-order valence-electron chi connectivity index (χ4n) is 3.43. The number of hydrogen-bond acceptors (Lipinski definition) is 2. The van der Waals surface area contributed by atoms with Crippen molar-refractivity contribution in [3.63, 3.8) is 0 Å². The summed E-state index contributed by atoms with van der Waals surface area (Å²) in [6.45, 7) is 2.05. The molecule has 21 heavy (non-hydrogen) atoms. The van der Waals surface area contributed by atoms with Gasteiger partial charge in [-0.3, -0.25) is 20.4 Å². The zero-order valence-corrected chi connectivity index (χ0v) is 13.0. The van der Waals surface area contributed by atoms with Crippen molar-refractivity contribution in [2.24, 2.45) is 11.3 Å². The Morgan fingerprint density at radius 3 is 2.29 bits per heavy atom. The number of alkyl halides is 1. The van der Waals surface area contributed by atoms with Crippen LogP contribution < -0.4 is 10.9 Å². The number of carbonyl (C=O) groups is 2. The number of benzene rings is 1. The van der Waals surface area contributed by atoms with Crippen LogP contribution in [0.4, 0.5) is 0 Å². The van der Waals surface area contributed by atoms with Gasteiger partial charge < -0.3 is 0 Å². The van der Waals surface area contributed by atoms with Gasteiger partial charge in [0.15, 0.2) is 0 Å². The predicted octanol–water partition coefficient (Wildman–Crippen LogP) is 2.61. The van der Waals surface area contributed by atoms with E-state index in [9.17, 15) is 9.59 Å². The largest absolute Gasteiger partial charge is 0.272 e. The minimum Gasteiger partial charge on any atom is -0.272 e. The molecule has 1 heterocycles. The van der Waals surface area contributed by atoms with Gasteiger partial charge in [-0.05, 0) is 36.5 Å². The van der Waals surface area contributed by atoms with E-state index in [1.165, 1.54) is 0 Å². The number of hydrogen-bond donors (Lipinski definition) is 2. The Bertz CT molecular complexity index is 572. The number of nitrogens with one attached hydrogen (secondary N) is 2. The molecule has 112 valence electrons. The third-order valence-electron chi connectivity index (χ3n) is 4.71. The Labute approximate surface area is 133 Å². The molecule has 1 aromatic carbocycles.